The summed E-state index contributed by atoms with van der Waals surface area (Å²) >= 11 is 0. The van der Waals surface area contributed by atoms with Crippen LogP contribution in [-0.2, 0) is 0 Å². The van der Waals surface area contributed by atoms with Crippen molar-refractivity contribution in [2.24, 2.45) is 0 Å². The summed E-state index contributed by atoms with van der Waals surface area (Å²) in [6.45, 7) is 2.14. The molecule has 1 heterocycles. The molecule has 0 saturated heterocycles. The van der Waals surface area contributed by atoms with E-state index < -0.39 is 0 Å². The van der Waals surface area contributed by atoms with E-state index in [1.54, 1.807) is 25.4 Å². The van der Waals surface area contributed by atoms with Gasteiger partial charge in [0.2, 0.25) is 0 Å². The summed E-state index contributed by atoms with van der Waals surface area (Å²) in [5.41, 5.74) is 0.624. The predicted molar refractivity (Wildman–Crippen MR) is 72.7 cm³/mol. The minimum absolute atomic E-state index is 0.00157. The van der Waals surface area contributed by atoms with E-state index in [-0.39, 0.29) is 11.4 Å². The molecule has 0 atom stereocenters. The fourth-order valence-electron chi connectivity index (χ4n) is 2.51. The topological polar surface area (TPSA) is 54.0 Å². The van der Waals surface area contributed by atoms with Gasteiger partial charge < -0.3 is 10.6 Å². The number of carbonyl (C=O) groups is 1. The van der Waals surface area contributed by atoms with Crippen molar-refractivity contribution in [1.82, 2.24) is 10.3 Å². The van der Waals surface area contributed by atoms with Crippen molar-refractivity contribution in [3.63, 3.8) is 0 Å². The van der Waals surface area contributed by atoms with Crippen LogP contribution in [0.15, 0.2) is 18.3 Å². The zero-order valence-corrected chi connectivity index (χ0v) is 11.1. The van der Waals surface area contributed by atoms with E-state index in [0.717, 1.165) is 18.7 Å². The molecular weight excluding hydrogens is 226 g/mol. The highest BCUT2D eigenvalue weighted by Gasteiger charge is 2.28. The largest absolute Gasteiger partial charge is 0.373 e. The summed E-state index contributed by atoms with van der Waals surface area (Å²) in [6, 6.07) is 3.53. The third-order valence-corrected chi connectivity index (χ3v) is 3.65. The molecular formula is C14H21N3O. The van der Waals surface area contributed by atoms with Gasteiger partial charge in [-0.3, -0.25) is 4.79 Å². The van der Waals surface area contributed by atoms with Crippen LogP contribution in [0, 0.1) is 0 Å². The maximum Gasteiger partial charge on any atom is 0.251 e. The Kier molecular flexibility index (Phi) is 3.84. The molecule has 0 spiro atoms. The number of anilines is 1. The number of nitrogens with one attached hydrogen (secondary N) is 2. The lowest BCUT2D eigenvalue weighted by atomic mass is 9.83. The molecule has 0 unspecified atom stereocenters. The quantitative estimate of drug-likeness (QED) is 0.863. The van der Waals surface area contributed by atoms with E-state index in [1.165, 1.54) is 19.3 Å². The lowest BCUT2D eigenvalue weighted by Crippen LogP contribution is -2.47. The Morgan fingerprint density at radius 1 is 1.33 bits per heavy atom. The summed E-state index contributed by atoms with van der Waals surface area (Å²) < 4.78 is 0. The van der Waals surface area contributed by atoms with Crippen LogP contribution in [0.4, 0.5) is 5.82 Å². The molecule has 4 nitrogen and oxygen atoms in total. The molecule has 0 aliphatic heterocycles. The summed E-state index contributed by atoms with van der Waals surface area (Å²) in [6.07, 6.45) is 7.49. The fraction of sp³-hybridized carbons (Fsp3) is 0.571. The van der Waals surface area contributed by atoms with Gasteiger partial charge in [-0.15, -0.1) is 0 Å². The number of rotatable bonds is 3. The lowest BCUT2D eigenvalue weighted by molar-refractivity contribution is 0.0882. The number of aromatic nitrogens is 1. The van der Waals surface area contributed by atoms with E-state index in [9.17, 15) is 4.79 Å². The van der Waals surface area contributed by atoms with Gasteiger partial charge in [0.25, 0.3) is 5.91 Å². The molecule has 2 rings (SSSR count). The Balaban J connectivity index is 2.06. The molecule has 1 fully saturated rings. The van der Waals surface area contributed by atoms with Gasteiger partial charge in [-0.2, -0.15) is 0 Å². The van der Waals surface area contributed by atoms with Crippen LogP contribution >= 0.6 is 0 Å². The molecule has 1 saturated carbocycles. The average molecular weight is 247 g/mol. The zero-order chi connectivity index (χ0) is 13.0. The standard InChI is InChI=1S/C14H21N3O/c1-14(7-4-3-5-8-14)17-13(18)11-6-9-16-12(10-11)15-2/h6,9-10H,3-5,7-8H2,1-2H3,(H,15,16)(H,17,18). The Hall–Kier alpha value is -1.58. The molecule has 0 radical (unpaired) electrons. The average Bonchev–Trinajstić information content (AvgIpc) is 2.39. The maximum atomic E-state index is 12.2. The third-order valence-electron chi connectivity index (χ3n) is 3.65. The Labute approximate surface area is 108 Å². The number of amides is 1. The number of hydrogen-bond donors (Lipinski definition) is 2. The second kappa shape index (κ2) is 5.38. The van der Waals surface area contributed by atoms with Crippen molar-refractivity contribution in [3.05, 3.63) is 23.9 Å². The van der Waals surface area contributed by atoms with Crippen LogP contribution in [0.3, 0.4) is 0 Å². The van der Waals surface area contributed by atoms with E-state index in [1.807, 2.05) is 0 Å². The highest BCUT2D eigenvalue weighted by Crippen LogP contribution is 2.27. The summed E-state index contributed by atoms with van der Waals surface area (Å²) in [7, 11) is 1.80. The number of hydrogen-bond acceptors (Lipinski definition) is 3. The molecule has 18 heavy (non-hydrogen) atoms. The normalized spacial score (nSPS) is 18.1. The fourth-order valence-corrected chi connectivity index (χ4v) is 2.51. The van der Waals surface area contributed by atoms with Crippen LogP contribution in [0.1, 0.15) is 49.4 Å². The Bertz CT molecular complexity index is 425. The van der Waals surface area contributed by atoms with Crippen molar-refractivity contribution < 1.29 is 4.79 Å². The maximum absolute atomic E-state index is 12.2. The van der Waals surface area contributed by atoms with E-state index in [4.69, 9.17) is 0 Å². The van der Waals surface area contributed by atoms with Crippen molar-refractivity contribution in [2.45, 2.75) is 44.6 Å². The first kappa shape index (κ1) is 12.9. The van der Waals surface area contributed by atoms with E-state index in [2.05, 4.69) is 22.5 Å². The number of pyridine rings is 1. The lowest BCUT2D eigenvalue weighted by Gasteiger charge is -2.34. The molecule has 4 heteroatoms. The monoisotopic (exact) mass is 247 g/mol. The van der Waals surface area contributed by atoms with Gasteiger partial charge >= 0.3 is 0 Å². The van der Waals surface area contributed by atoms with Gasteiger partial charge in [0.05, 0.1) is 0 Å². The van der Waals surface area contributed by atoms with E-state index >= 15 is 0 Å². The molecule has 0 bridgehead atoms. The highest BCUT2D eigenvalue weighted by molar-refractivity contribution is 5.95. The summed E-state index contributed by atoms with van der Waals surface area (Å²) in [5, 5.41) is 6.11. The van der Waals surface area contributed by atoms with E-state index in [0.29, 0.717) is 5.56 Å². The molecule has 98 valence electrons. The van der Waals surface area contributed by atoms with Crippen molar-refractivity contribution in [1.29, 1.82) is 0 Å². The molecule has 1 aromatic rings. The van der Waals surface area contributed by atoms with Crippen LogP contribution < -0.4 is 10.6 Å². The number of carbonyl (C=O) groups excluding carboxylic acids is 1. The molecule has 1 aromatic heterocycles. The molecule has 0 aromatic carbocycles. The second-order valence-corrected chi connectivity index (χ2v) is 5.26. The highest BCUT2D eigenvalue weighted by atomic mass is 16.1. The van der Waals surface area contributed by atoms with Gasteiger partial charge in [-0.25, -0.2) is 4.98 Å². The SMILES string of the molecule is CNc1cc(C(=O)NC2(C)CCCCC2)ccn1. The minimum atomic E-state index is -0.0432. The van der Waals surface area contributed by atoms with Gasteiger partial charge in [0, 0.05) is 24.3 Å². The van der Waals surface area contributed by atoms with Crippen LogP contribution in [0.25, 0.3) is 0 Å². The smallest absolute Gasteiger partial charge is 0.251 e. The molecule has 1 aliphatic rings. The van der Waals surface area contributed by atoms with Crippen molar-refractivity contribution in [2.75, 3.05) is 12.4 Å². The van der Waals surface area contributed by atoms with Gasteiger partial charge in [0.1, 0.15) is 5.82 Å². The van der Waals surface area contributed by atoms with Crippen LogP contribution in [0.2, 0.25) is 0 Å². The van der Waals surface area contributed by atoms with Gasteiger partial charge in [-0.1, -0.05) is 19.3 Å². The Morgan fingerprint density at radius 3 is 2.72 bits per heavy atom. The van der Waals surface area contributed by atoms with Crippen molar-refractivity contribution >= 4 is 11.7 Å². The molecule has 2 N–H and O–H groups in total. The zero-order valence-electron chi connectivity index (χ0n) is 11.1. The minimum Gasteiger partial charge on any atom is -0.373 e. The second-order valence-electron chi connectivity index (χ2n) is 5.26. The Morgan fingerprint density at radius 2 is 2.06 bits per heavy atom. The molecule has 1 amide bonds. The van der Waals surface area contributed by atoms with Gasteiger partial charge in [-0.05, 0) is 31.9 Å². The first-order valence-corrected chi connectivity index (χ1v) is 6.59. The first-order valence-electron chi connectivity index (χ1n) is 6.59. The van der Waals surface area contributed by atoms with Crippen LogP contribution in [-0.4, -0.2) is 23.5 Å². The number of nitrogens with zero attached hydrogens (tertiary/aromatic N) is 1. The first-order chi connectivity index (χ1) is 8.63. The van der Waals surface area contributed by atoms with Crippen molar-refractivity contribution in [3.8, 4) is 0 Å². The molecule has 1 aliphatic carbocycles. The summed E-state index contributed by atoms with van der Waals surface area (Å²) in [4.78, 5) is 16.3. The third kappa shape index (κ3) is 3.00. The predicted octanol–water partition coefficient (Wildman–Crippen LogP) is 2.58. The van der Waals surface area contributed by atoms with Crippen LogP contribution in [0.5, 0.6) is 0 Å². The van der Waals surface area contributed by atoms with Gasteiger partial charge in [0.15, 0.2) is 0 Å². The summed E-state index contributed by atoms with van der Waals surface area (Å²) in [5.74, 6) is 0.717.